The molecule has 0 bridgehead atoms. The minimum absolute atomic E-state index is 0.0260. The molecule has 1 unspecified atom stereocenters. The molecule has 5 nitrogen and oxygen atoms in total. The molecule has 1 saturated carbocycles. The standard InChI is InChI=1S/C16H22N2O3/c17-13(9-6-11-4-2-1-3-5-11)16(21)18-14(10-15(19)20)12-7-8-12/h1-5,12-14H,6-10,17H2,(H,18,21)(H,19,20)/t13-,14?/m0/s1. The van der Waals surface area contributed by atoms with Crippen LogP contribution in [0.4, 0.5) is 0 Å². The summed E-state index contributed by atoms with van der Waals surface area (Å²) >= 11 is 0. The average molecular weight is 290 g/mol. The number of carbonyl (C=O) groups is 2. The van der Waals surface area contributed by atoms with Gasteiger partial charge in [0, 0.05) is 6.04 Å². The van der Waals surface area contributed by atoms with Crippen LogP contribution in [0.2, 0.25) is 0 Å². The van der Waals surface area contributed by atoms with Gasteiger partial charge in [0.05, 0.1) is 12.5 Å². The van der Waals surface area contributed by atoms with Crippen molar-refractivity contribution in [2.45, 2.75) is 44.2 Å². The SMILES string of the molecule is N[C@@H](CCc1ccccc1)C(=O)NC(CC(=O)O)C1CC1. The molecule has 1 amide bonds. The summed E-state index contributed by atoms with van der Waals surface area (Å²) in [5, 5.41) is 11.7. The average Bonchev–Trinajstić information content (AvgIpc) is 3.29. The maximum absolute atomic E-state index is 12.1. The van der Waals surface area contributed by atoms with Crippen LogP contribution in [0.5, 0.6) is 0 Å². The molecule has 5 heteroatoms. The van der Waals surface area contributed by atoms with E-state index in [4.69, 9.17) is 10.8 Å². The maximum Gasteiger partial charge on any atom is 0.305 e. The van der Waals surface area contributed by atoms with Gasteiger partial charge in [0.15, 0.2) is 0 Å². The number of nitrogens with two attached hydrogens (primary N) is 1. The molecule has 114 valence electrons. The predicted octanol–water partition coefficient (Wildman–Crippen LogP) is 1.32. The number of nitrogens with one attached hydrogen (secondary N) is 1. The molecule has 1 aromatic carbocycles. The van der Waals surface area contributed by atoms with E-state index in [1.807, 2.05) is 30.3 Å². The maximum atomic E-state index is 12.1. The molecule has 0 spiro atoms. The highest BCUT2D eigenvalue weighted by Crippen LogP contribution is 2.34. The highest BCUT2D eigenvalue weighted by atomic mass is 16.4. The van der Waals surface area contributed by atoms with Crippen molar-refractivity contribution in [3.8, 4) is 0 Å². The molecule has 4 N–H and O–H groups in total. The summed E-state index contributed by atoms with van der Waals surface area (Å²) in [7, 11) is 0. The van der Waals surface area contributed by atoms with Gasteiger partial charge >= 0.3 is 5.97 Å². The van der Waals surface area contributed by atoms with E-state index in [-0.39, 0.29) is 18.4 Å². The molecule has 2 atom stereocenters. The summed E-state index contributed by atoms with van der Waals surface area (Å²) in [5.74, 6) is -0.833. The molecule has 1 fully saturated rings. The Morgan fingerprint density at radius 1 is 1.29 bits per heavy atom. The van der Waals surface area contributed by atoms with Gasteiger partial charge < -0.3 is 16.2 Å². The topological polar surface area (TPSA) is 92.4 Å². The van der Waals surface area contributed by atoms with Crippen LogP contribution in [0.15, 0.2) is 30.3 Å². The predicted molar refractivity (Wildman–Crippen MR) is 79.6 cm³/mol. The van der Waals surface area contributed by atoms with Crippen molar-refractivity contribution < 1.29 is 14.7 Å². The van der Waals surface area contributed by atoms with Crippen LogP contribution in [0.25, 0.3) is 0 Å². The Kier molecular flexibility index (Phi) is 5.33. The number of amides is 1. The van der Waals surface area contributed by atoms with Crippen LogP contribution in [0, 0.1) is 5.92 Å². The third-order valence-electron chi connectivity index (χ3n) is 3.84. The lowest BCUT2D eigenvalue weighted by molar-refractivity contribution is -0.138. The van der Waals surface area contributed by atoms with E-state index in [9.17, 15) is 9.59 Å². The van der Waals surface area contributed by atoms with Crippen LogP contribution < -0.4 is 11.1 Å². The van der Waals surface area contributed by atoms with Crippen LogP contribution in [0.1, 0.15) is 31.2 Å². The monoisotopic (exact) mass is 290 g/mol. The Balaban J connectivity index is 1.79. The van der Waals surface area contributed by atoms with Crippen LogP contribution >= 0.6 is 0 Å². The molecule has 1 aliphatic rings. The minimum atomic E-state index is -0.884. The number of hydrogen-bond donors (Lipinski definition) is 3. The molecule has 2 rings (SSSR count). The summed E-state index contributed by atoms with van der Waals surface area (Å²) in [4.78, 5) is 22.9. The molecule has 0 radical (unpaired) electrons. The first-order valence-corrected chi connectivity index (χ1v) is 7.38. The van der Waals surface area contributed by atoms with Gasteiger partial charge in [0.1, 0.15) is 0 Å². The molecule has 21 heavy (non-hydrogen) atoms. The van der Waals surface area contributed by atoms with E-state index in [2.05, 4.69) is 5.32 Å². The van der Waals surface area contributed by atoms with Crippen molar-refractivity contribution in [2.75, 3.05) is 0 Å². The van der Waals surface area contributed by atoms with Crippen molar-refractivity contribution in [2.24, 2.45) is 11.7 Å². The van der Waals surface area contributed by atoms with Crippen molar-refractivity contribution in [1.29, 1.82) is 0 Å². The third-order valence-corrected chi connectivity index (χ3v) is 3.84. The number of hydrogen-bond acceptors (Lipinski definition) is 3. The fraction of sp³-hybridized carbons (Fsp3) is 0.500. The number of benzene rings is 1. The highest BCUT2D eigenvalue weighted by molar-refractivity contribution is 5.82. The van der Waals surface area contributed by atoms with Crippen LogP contribution in [-0.4, -0.2) is 29.1 Å². The Morgan fingerprint density at radius 3 is 2.52 bits per heavy atom. The number of aliphatic carboxylic acids is 1. The molecular formula is C16H22N2O3. The summed E-state index contributed by atoms with van der Waals surface area (Å²) < 4.78 is 0. The Morgan fingerprint density at radius 2 is 1.95 bits per heavy atom. The van der Waals surface area contributed by atoms with Gasteiger partial charge in [-0.1, -0.05) is 30.3 Å². The number of carboxylic acid groups (broad SMARTS) is 1. The van der Waals surface area contributed by atoms with E-state index in [1.165, 1.54) is 0 Å². The summed E-state index contributed by atoms with van der Waals surface area (Å²) in [6.45, 7) is 0. The van der Waals surface area contributed by atoms with E-state index in [0.29, 0.717) is 12.3 Å². The quantitative estimate of drug-likeness (QED) is 0.673. The molecule has 0 aliphatic heterocycles. The molecular weight excluding hydrogens is 268 g/mol. The number of rotatable bonds is 8. The first-order chi connectivity index (χ1) is 10.1. The van der Waals surface area contributed by atoms with Gasteiger partial charge in [-0.05, 0) is 37.2 Å². The number of aryl methyl sites for hydroxylation is 1. The molecule has 0 heterocycles. The van der Waals surface area contributed by atoms with Crippen molar-refractivity contribution >= 4 is 11.9 Å². The lowest BCUT2D eigenvalue weighted by Crippen LogP contribution is -2.47. The van der Waals surface area contributed by atoms with Crippen LogP contribution in [-0.2, 0) is 16.0 Å². The van der Waals surface area contributed by atoms with E-state index in [0.717, 1.165) is 24.8 Å². The second-order valence-electron chi connectivity index (χ2n) is 5.68. The van der Waals surface area contributed by atoms with Crippen molar-refractivity contribution in [3.05, 3.63) is 35.9 Å². The Bertz CT molecular complexity index is 486. The number of carbonyl (C=O) groups excluding carboxylic acids is 1. The highest BCUT2D eigenvalue weighted by Gasteiger charge is 2.34. The van der Waals surface area contributed by atoms with Gasteiger partial charge in [-0.25, -0.2) is 0 Å². The van der Waals surface area contributed by atoms with Gasteiger partial charge in [-0.2, -0.15) is 0 Å². The van der Waals surface area contributed by atoms with Gasteiger partial charge in [0.2, 0.25) is 5.91 Å². The zero-order valence-corrected chi connectivity index (χ0v) is 12.0. The summed E-state index contributed by atoms with van der Waals surface area (Å²) in [5.41, 5.74) is 7.05. The zero-order valence-electron chi connectivity index (χ0n) is 12.0. The Labute approximate surface area is 124 Å². The molecule has 0 saturated heterocycles. The largest absolute Gasteiger partial charge is 0.481 e. The molecule has 1 aliphatic carbocycles. The van der Waals surface area contributed by atoms with E-state index >= 15 is 0 Å². The summed E-state index contributed by atoms with van der Waals surface area (Å²) in [6.07, 6.45) is 3.24. The lowest BCUT2D eigenvalue weighted by Gasteiger charge is -2.19. The first-order valence-electron chi connectivity index (χ1n) is 7.38. The third kappa shape index (κ3) is 5.19. The fourth-order valence-corrected chi connectivity index (χ4v) is 2.41. The smallest absolute Gasteiger partial charge is 0.305 e. The van der Waals surface area contributed by atoms with Crippen molar-refractivity contribution in [3.63, 3.8) is 0 Å². The Hall–Kier alpha value is -1.88. The molecule has 0 aromatic heterocycles. The molecule has 1 aromatic rings. The first kappa shape index (κ1) is 15.5. The van der Waals surface area contributed by atoms with Crippen molar-refractivity contribution in [1.82, 2.24) is 5.32 Å². The second-order valence-corrected chi connectivity index (χ2v) is 5.68. The normalized spacial score (nSPS) is 17.0. The van der Waals surface area contributed by atoms with E-state index < -0.39 is 12.0 Å². The van der Waals surface area contributed by atoms with Gasteiger partial charge in [0.25, 0.3) is 0 Å². The van der Waals surface area contributed by atoms with Gasteiger partial charge in [-0.3, -0.25) is 9.59 Å². The van der Waals surface area contributed by atoms with E-state index in [1.54, 1.807) is 0 Å². The zero-order chi connectivity index (χ0) is 15.2. The summed E-state index contributed by atoms with van der Waals surface area (Å²) in [6, 6.07) is 8.98. The lowest BCUT2D eigenvalue weighted by atomic mass is 10.0. The minimum Gasteiger partial charge on any atom is -0.481 e. The van der Waals surface area contributed by atoms with Crippen LogP contribution in [0.3, 0.4) is 0 Å². The van der Waals surface area contributed by atoms with Gasteiger partial charge in [-0.15, -0.1) is 0 Å². The second kappa shape index (κ2) is 7.22. The fourth-order valence-electron chi connectivity index (χ4n) is 2.41. The number of carboxylic acids is 1.